The van der Waals surface area contributed by atoms with E-state index in [2.05, 4.69) is 44.2 Å². The van der Waals surface area contributed by atoms with E-state index in [1.807, 2.05) is 6.92 Å². The first-order valence-electron chi connectivity index (χ1n) is 13.4. The van der Waals surface area contributed by atoms with Gasteiger partial charge in [0.05, 0.1) is 13.2 Å². The first kappa shape index (κ1) is 27.0. The molecule has 5 unspecified atom stereocenters. The number of hydrogen-bond acceptors (Lipinski definition) is 6. The second-order valence-electron chi connectivity index (χ2n) is 12.2. The lowest BCUT2D eigenvalue weighted by molar-refractivity contribution is -0.122. The van der Waals surface area contributed by atoms with Gasteiger partial charge in [-0.3, -0.25) is 4.79 Å². The monoisotopic (exact) mass is 498 g/mol. The van der Waals surface area contributed by atoms with Gasteiger partial charge in [0.15, 0.2) is 0 Å². The fourth-order valence-corrected chi connectivity index (χ4v) is 7.62. The van der Waals surface area contributed by atoms with E-state index in [0.29, 0.717) is 18.3 Å². The maximum atomic E-state index is 12.6. The zero-order chi connectivity index (χ0) is 26.5. The van der Waals surface area contributed by atoms with Crippen molar-refractivity contribution in [1.82, 2.24) is 10.2 Å². The van der Waals surface area contributed by atoms with E-state index >= 15 is 0 Å². The van der Waals surface area contributed by atoms with Gasteiger partial charge in [0, 0.05) is 36.5 Å². The molecule has 0 aromatic carbocycles. The van der Waals surface area contributed by atoms with Gasteiger partial charge < -0.3 is 31.5 Å². The number of aliphatic hydroxyl groups is 1. The molecule has 0 aromatic heterocycles. The minimum atomic E-state index is -0.685. The molecule has 1 amide bonds. The summed E-state index contributed by atoms with van der Waals surface area (Å²) in [6, 6.07) is -0.218. The third kappa shape index (κ3) is 4.54. The molecule has 0 spiro atoms. The third-order valence-electron chi connectivity index (χ3n) is 9.58. The third-order valence-corrected chi connectivity index (χ3v) is 9.58. The summed E-state index contributed by atoms with van der Waals surface area (Å²) in [5.74, 6) is 0.898. The number of nitrogens with zero attached hydrogens (tertiary/aromatic N) is 1. The summed E-state index contributed by atoms with van der Waals surface area (Å²) in [6.07, 6.45) is 6.03. The lowest BCUT2D eigenvalue weighted by atomic mass is 9.51. The van der Waals surface area contributed by atoms with Crippen LogP contribution in [0.2, 0.25) is 0 Å². The van der Waals surface area contributed by atoms with E-state index in [1.54, 1.807) is 14.0 Å². The molecule has 7 nitrogen and oxygen atoms in total. The highest BCUT2D eigenvalue weighted by atomic mass is 16.5. The van der Waals surface area contributed by atoms with Crippen LogP contribution in [-0.2, 0) is 9.53 Å². The van der Waals surface area contributed by atoms with Crippen molar-refractivity contribution >= 4 is 5.91 Å². The Labute approximate surface area is 216 Å². The first-order valence-corrected chi connectivity index (χ1v) is 13.4. The SMILES string of the molecule is COC1=C(C)C=C2CC(N(C)C)CC3C(CNC(=O)[C@H](C)N)C4=C(CC(C)=C(N)C4)C[C@@]3(C)C2C1O. The number of carbonyl (C=O) groups is 1. The molecule has 6 N–H and O–H groups in total. The maximum absolute atomic E-state index is 12.6. The summed E-state index contributed by atoms with van der Waals surface area (Å²) in [5, 5.41) is 14.9. The summed E-state index contributed by atoms with van der Waals surface area (Å²) in [5.41, 5.74) is 19.5. The van der Waals surface area contributed by atoms with Crippen LogP contribution in [0.5, 0.6) is 0 Å². The molecule has 0 aliphatic heterocycles. The molecule has 1 fully saturated rings. The summed E-state index contributed by atoms with van der Waals surface area (Å²) < 4.78 is 5.74. The average Bonchev–Trinajstić information content (AvgIpc) is 2.91. The molecule has 7 heteroatoms. The van der Waals surface area contributed by atoms with Gasteiger partial charge in [-0.1, -0.05) is 35.3 Å². The minimum Gasteiger partial charge on any atom is -0.498 e. The number of fused-ring (bicyclic) bond motifs is 3. The second-order valence-corrected chi connectivity index (χ2v) is 12.2. The number of nitrogens with two attached hydrogens (primary N) is 2. The van der Waals surface area contributed by atoms with E-state index in [9.17, 15) is 9.90 Å². The number of carbonyl (C=O) groups excluding carboxylic acids is 1. The number of rotatable bonds is 5. The lowest BCUT2D eigenvalue weighted by Crippen LogP contribution is -2.52. The van der Waals surface area contributed by atoms with Crippen LogP contribution < -0.4 is 16.8 Å². The summed E-state index contributed by atoms with van der Waals surface area (Å²) in [7, 11) is 5.96. The highest BCUT2D eigenvalue weighted by Crippen LogP contribution is 2.61. The van der Waals surface area contributed by atoms with Crippen LogP contribution in [-0.4, -0.2) is 61.9 Å². The molecule has 0 saturated heterocycles. The van der Waals surface area contributed by atoms with Crippen molar-refractivity contribution in [2.45, 2.75) is 78.0 Å². The number of nitrogens with one attached hydrogen (secondary N) is 1. The molecule has 7 atom stereocenters. The average molecular weight is 499 g/mol. The van der Waals surface area contributed by atoms with E-state index < -0.39 is 12.1 Å². The molecule has 36 heavy (non-hydrogen) atoms. The van der Waals surface area contributed by atoms with Crippen molar-refractivity contribution in [3.05, 3.63) is 45.4 Å². The Bertz CT molecular complexity index is 1040. The van der Waals surface area contributed by atoms with Crippen molar-refractivity contribution < 1.29 is 14.6 Å². The van der Waals surface area contributed by atoms with Gasteiger partial charge in [-0.05, 0) is 77.5 Å². The molecule has 200 valence electrons. The largest absolute Gasteiger partial charge is 0.498 e. The van der Waals surface area contributed by atoms with Crippen LogP contribution in [0.4, 0.5) is 0 Å². The molecule has 0 heterocycles. The molecule has 1 saturated carbocycles. The van der Waals surface area contributed by atoms with E-state index in [4.69, 9.17) is 16.2 Å². The van der Waals surface area contributed by atoms with Gasteiger partial charge in [0.2, 0.25) is 5.91 Å². The zero-order valence-corrected chi connectivity index (χ0v) is 23.1. The Kier molecular flexibility index (Phi) is 7.48. The van der Waals surface area contributed by atoms with Gasteiger partial charge in [-0.2, -0.15) is 0 Å². The Hall–Kier alpha value is -2.09. The Morgan fingerprint density at radius 1 is 1.33 bits per heavy atom. The normalized spacial score (nSPS) is 35.5. The van der Waals surface area contributed by atoms with E-state index in [-0.39, 0.29) is 29.1 Å². The molecular formula is C29H46N4O3. The highest BCUT2D eigenvalue weighted by molar-refractivity contribution is 5.81. The number of allylic oxidation sites excluding steroid dienone is 5. The van der Waals surface area contributed by atoms with Crippen LogP contribution in [0, 0.1) is 23.2 Å². The van der Waals surface area contributed by atoms with Crippen molar-refractivity contribution in [2.75, 3.05) is 27.7 Å². The number of ether oxygens (including phenoxy) is 1. The van der Waals surface area contributed by atoms with Gasteiger partial charge in [-0.25, -0.2) is 0 Å². The number of amides is 1. The van der Waals surface area contributed by atoms with Crippen molar-refractivity contribution in [1.29, 1.82) is 0 Å². The lowest BCUT2D eigenvalue weighted by Gasteiger charge is -2.54. The van der Waals surface area contributed by atoms with E-state index in [1.165, 1.54) is 22.3 Å². The number of aliphatic hydroxyl groups excluding tert-OH is 1. The molecule has 0 radical (unpaired) electrons. The van der Waals surface area contributed by atoms with Crippen LogP contribution in [0.1, 0.15) is 59.8 Å². The Morgan fingerprint density at radius 2 is 2.03 bits per heavy atom. The van der Waals surface area contributed by atoms with Crippen LogP contribution >= 0.6 is 0 Å². The van der Waals surface area contributed by atoms with Crippen LogP contribution in [0.3, 0.4) is 0 Å². The van der Waals surface area contributed by atoms with Gasteiger partial charge >= 0.3 is 0 Å². The highest BCUT2D eigenvalue weighted by Gasteiger charge is 2.56. The molecule has 0 bridgehead atoms. The van der Waals surface area contributed by atoms with E-state index in [0.717, 1.165) is 43.4 Å². The maximum Gasteiger partial charge on any atom is 0.236 e. The van der Waals surface area contributed by atoms with Crippen molar-refractivity contribution in [3.8, 4) is 0 Å². The topological polar surface area (TPSA) is 114 Å². The Balaban J connectivity index is 1.85. The van der Waals surface area contributed by atoms with Gasteiger partial charge in [0.25, 0.3) is 0 Å². The van der Waals surface area contributed by atoms with Crippen LogP contribution in [0.15, 0.2) is 45.4 Å². The number of hydrogen-bond donors (Lipinski definition) is 4. The van der Waals surface area contributed by atoms with Crippen molar-refractivity contribution in [2.24, 2.45) is 34.6 Å². The molecule has 4 rings (SSSR count). The molecule has 4 aliphatic carbocycles. The second kappa shape index (κ2) is 9.99. The summed E-state index contributed by atoms with van der Waals surface area (Å²) in [6.45, 7) is 8.80. The van der Waals surface area contributed by atoms with Gasteiger partial charge in [0.1, 0.15) is 11.9 Å². The predicted octanol–water partition coefficient (Wildman–Crippen LogP) is 2.98. The minimum absolute atomic E-state index is 0.0460. The molecule has 0 aromatic rings. The van der Waals surface area contributed by atoms with Gasteiger partial charge in [-0.15, -0.1) is 0 Å². The first-order chi connectivity index (χ1) is 16.9. The number of methoxy groups -OCH3 is 1. The Morgan fingerprint density at radius 3 is 2.64 bits per heavy atom. The molecule has 4 aliphatic rings. The zero-order valence-electron chi connectivity index (χ0n) is 23.1. The van der Waals surface area contributed by atoms with Crippen LogP contribution in [0.25, 0.3) is 0 Å². The predicted molar refractivity (Wildman–Crippen MR) is 144 cm³/mol. The summed E-state index contributed by atoms with van der Waals surface area (Å²) in [4.78, 5) is 14.9. The quantitative estimate of drug-likeness (QED) is 0.434. The van der Waals surface area contributed by atoms with Crippen molar-refractivity contribution in [3.63, 3.8) is 0 Å². The fraction of sp³-hybridized carbons (Fsp3) is 0.690. The summed E-state index contributed by atoms with van der Waals surface area (Å²) >= 11 is 0. The standard InChI is InChI=1S/C29H46N4O3/c1-15-8-19-13-29(4)23(22(21(19)12-24(15)31)14-32-28(35)17(3)30)11-20(33(5)6)10-18-9-16(2)27(36-7)26(34)25(18)29/h9,17,20,22-23,25-26,34H,8,10-14,30-31H2,1-7H3,(H,32,35)/t17-,20?,22?,23?,25?,26?,29+/m0/s1. The fourth-order valence-electron chi connectivity index (χ4n) is 7.62. The molecular weight excluding hydrogens is 452 g/mol. The smallest absolute Gasteiger partial charge is 0.236 e.